The highest BCUT2D eigenvalue weighted by Crippen LogP contribution is 2.25. The minimum absolute atomic E-state index is 0.192. The minimum Gasteiger partial charge on any atom is -0.377 e. The average molecular weight is 392 g/mol. The Balaban J connectivity index is 1.42. The van der Waals surface area contributed by atoms with Gasteiger partial charge in [0.1, 0.15) is 11.4 Å². The zero-order chi connectivity index (χ0) is 18.7. The number of hydrogen-bond donors (Lipinski definition) is 0. The SMILES string of the molecule is Cc1nc(CN2CCOCC3(CN(Cc4ccc(F)cc4)CCO3)C2)cs1. The number of rotatable bonds is 4. The van der Waals surface area contributed by atoms with Crippen LogP contribution in [0.15, 0.2) is 29.6 Å². The van der Waals surface area contributed by atoms with Crippen molar-refractivity contribution in [3.8, 4) is 0 Å². The van der Waals surface area contributed by atoms with Gasteiger partial charge in [0.05, 0.1) is 30.5 Å². The number of morpholine rings is 1. The van der Waals surface area contributed by atoms with Crippen LogP contribution in [0.4, 0.5) is 4.39 Å². The van der Waals surface area contributed by atoms with Gasteiger partial charge in [0.15, 0.2) is 0 Å². The summed E-state index contributed by atoms with van der Waals surface area (Å²) in [5.41, 5.74) is 1.92. The van der Waals surface area contributed by atoms with Crippen molar-refractivity contribution in [2.75, 3.05) is 46.0 Å². The van der Waals surface area contributed by atoms with Crippen molar-refractivity contribution < 1.29 is 13.9 Å². The summed E-state index contributed by atoms with van der Waals surface area (Å²) in [6.45, 7) is 9.11. The third kappa shape index (κ3) is 4.92. The first-order valence-corrected chi connectivity index (χ1v) is 10.3. The Morgan fingerprint density at radius 1 is 1.11 bits per heavy atom. The van der Waals surface area contributed by atoms with E-state index in [4.69, 9.17) is 9.47 Å². The molecule has 2 aliphatic heterocycles. The summed E-state index contributed by atoms with van der Waals surface area (Å²) in [5.74, 6) is -0.192. The smallest absolute Gasteiger partial charge is 0.123 e. The van der Waals surface area contributed by atoms with Crippen molar-refractivity contribution >= 4 is 11.3 Å². The van der Waals surface area contributed by atoms with E-state index in [0.717, 1.165) is 55.5 Å². The van der Waals surface area contributed by atoms with E-state index < -0.39 is 0 Å². The Kier molecular flexibility index (Phi) is 5.85. The molecule has 27 heavy (non-hydrogen) atoms. The van der Waals surface area contributed by atoms with E-state index in [0.29, 0.717) is 19.8 Å². The van der Waals surface area contributed by atoms with Crippen LogP contribution in [-0.2, 0) is 22.6 Å². The van der Waals surface area contributed by atoms with Crippen LogP contribution in [0, 0.1) is 12.7 Å². The van der Waals surface area contributed by atoms with E-state index in [1.54, 1.807) is 11.3 Å². The minimum atomic E-state index is -0.320. The van der Waals surface area contributed by atoms with Gasteiger partial charge in [0, 0.05) is 44.6 Å². The molecule has 2 saturated heterocycles. The maximum absolute atomic E-state index is 13.2. The van der Waals surface area contributed by atoms with Gasteiger partial charge in [-0.25, -0.2) is 9.37 Å². The van der Waals surface area contributed by atoms with Gasteiger partial charge in [-0.05, 0) is 24.6 Å². The van der Waals surface area contributed by atoms with Gasteiger partial charge in [-0.15, -0.1) is 11.3 Å². The molecule has 1 aromatic heterocycles. The van der Waals surface area contributed by atoms with Crippen molar-refractivity contribution in [2.45, 2.75) is 25.6 Å². The predicted molar refractivity (Wildman–Crippen MR) is 103 cm³/mol. The fraction of sp³-hybridized carbons (Fsp3) is 0.550. The fourth-order valence-corrected chi connectivity index (χ4v) is 4.52. The number of hydrogen-bond acceptors (Lipinski definition) is 6. The second-order valence-electron chi connectivity index (χ2n) is 7.49. The van der Waals surface area contributed by atoms with Crippen molar-refractivity contribution in [1.82, 2.24) is 14.8 Å². The number of nitrogens with zero attached hydrogens (tertiary/aromatic N) is 3. The molecule has 0 bridgehead atoms. The lowest BCUT2D eigenvalue weighted by atomic mass is 10.0. The largest absolute Gasteiger partial charge is 0.377 e. The van der Waals surface area contributed by atoms with Crippen LogP contribution in [-0.4, -0.2) is 66.4 Å². The molecule has 4 rings (SSSR count). The molecule has 0 amide bonds. The standard InChI is InChI=1S/C20H26FN3O2S/c1-16-22-19(12-27-16)11-24-6-8-25-15-20(14-24)13-23(7-9-26-20)10-17-2-4-18(21)5-3-17/h2-5,12H,6-11,13-15H2,1H3. The number of benzene rings is 1. The highest BCUT2D eigenvalue weighted by atomic mass is 32.1. The lowest BCUT2D eigenvalue weighted by Gasteiger charge is -2.43. The third-order valence-corrected chi connectivity index (χ3v) is 5.95. The van der Waals surface area contributed by atoms with Crippen LogP contribution in [0.5, 0.6) is 0 Å². The van der Waals surface area contributed by atoms with Crippen LogP contribution in [0.25, 0.3) is 0 Å². The van der Waals surface area contributed by atoms with Gasteiger partial charge >= 0.3 is 0 Å². The molecule has 0 aliphatic carbocycles. The van der Waals surface area contributed by atoms with Crippen molar-refractivity contribution in [1.29, 1.82) is 0 Å². The van der Waals surface area contributed by atoms with Gasteiger partial charge in [0.25, 0.3) is 0 Å². The van der Waals surface area contributed by atoms with E-state index >= 15 is 0 Å². The topological polar surface area (TPSA) is 37.8 Å². The molecule has 3 heterocycles. The molecule has 2 aromatic rings. The Bertz CT molecular complexity index is 754. The molecule has 1 spiro atoms. The average Bonchev–Trinajstić information content (AvgIpc) is 2.96. The number of aryl methyl sites for hydroxylation is 1. The number of halogens is 1. The number of aromatic nitrogens is 1. The van der Waals surface area contributed by atoms with Gasteiger partial charge in [0.2, 0.25) is 0 Å². The Hall–Kier alpha value is -1.38. The highest BCUT2D eigenvalue weighted by Gasteiger charge is 2.40. The van der Waals surface area contributed by atoms with Gasteiger partial charge in [-0.2, -0.15) is 0 Å². The van der Waals surface area contributed by atoms with Crippen molar-refractivity contribution in [2.24, 2.45) is 0 Å². The summed E-state index contributed by atoms with van der Waals surface area (Å²) in [6, 6.07) is 6.77. The summed E-state index contributed by atoms with van der Waals surface area (Å²) in [7, 11) is 0. The molecule has 2 aliphatic rings. The Labute approximate surface area is 163 Å². The molecular formula is C20H26FN3O2S. The molecule has 0 radical (unpaired) electrons. The summed E-state index contributed by atoms with van der Waals surface area (Å²) in [6.07, 6.45) is 0. The molecule has 0 saturated carbocycles. The third-order valence-electron chi connectivity index (χ3n) is 5.13. The normalized spacial score (nSPS) is 25.0. The van der Waals surface area contributed by atoms with Crippen LogP contribution >= 0.6 is 11.3 Å². The maximum atomic E-state index is 13.2. The van der Waals surface area contributed by atoms with Gasteiger partial charge < -0.3 is 9.47 Å². The summed E-state index contributed by atoms with van der Waals surface area (Å²) < 4.78 is 25.3. The number of thiazole rings is 1. The lowest BCUT2D eigenvalue weighted by Crippen LogP contribution is -2.58. The summed E-state index contributed by atoms with van der Waals surface area (Å²) in [5, 5.41) is 3.24. The monoisotopic (exact) mass is 391 g/mol. The molecule has 7 heteroatoms. The number of ether oxygens (including phenoxy) is 2. The van der Waals surface area contributed by atoms with Crippen LogP contribution in [0.3, 0.4) is 0 Å². The van der Waals surface area contributed by atoms with E-state index in [9.17, 15) is 4.39 Å². The zero-order valence-electron chi connectivity index (χ0n) is 15.7. The molecule has 146 valence electrons. The molecule has 2 fully saturated rings. The van der Waals surface area contributed by atoms with E-state index in [2.05, 4.69) is 20.2 Å². The van der Waals surface area contributed by atoms with Gasteiger partial charge in [-0.1, -0.05) is 12.1 Å². The second kappa shape index (κ2) is 8.32. The van der Waals surface area contributed by atoms with Crippen molar-refractivity contribution in [3.05, 3.63) is 51.7 Å². The Morgan fingerprint density at radius 3 is 2.59 bits per heavy atom. The molecule has 5 nitrogen and oxygen atoms in total. The second-order valence-corrected chi connectivity index (χ2v) is 8.55. The van der Waals surface area contributed by atoms with Crippen LogP contribution in [0.1, 0.15) is 16.3 Å². The molecule has 1 atom stereocenters. The first-order valence-electron chi connectivity index (χ1n) is 9.42. The van der Waals surface area contributed by atoms with E-state index in [-0.39, 0.29) is 11.4 Å². The van der Waals surface area contributed by atoms with E-state index in [1.165, 1.54) is 12.1 Å². The summed E-state index contributed by atoms with van der Waals surface area (Å²) >= 11 is 1.69. The zero-order valence-corrected chi connectivity index (χ0v) is 16.5. The predicted octanol–water partition coefficient (Wildman–Crippen LogP) is 2.69. The lowest BCUT2D eigenvalue weighted by molar-refractivity contribution is -0.143. The van der Waals surface area contributed by atoms with Crippen molar-refractivity contribution in [3.63, 3.8) is 0 Å². The first kappa shape index (κ1) is 19.0. The molecule has 1 unspecified atom stereocenters. The molecular weight excluding hydrogens is 365 g/mol. The molecule has 1 aromatic carbocycles. The first-order chi connectivity index (χ1) is 13.1. The van der Waals surface area contributed by atoms with Gasteiger partial charge in [-0.3, -0.25) is 9.80 Å². The van der Waals surface area contributed by atoms with E-state index in [1.807, 2.05) is 19.1 Å². The van der Waals surface area contributed by atoms with Crippen LogP contribution in [0.2, 0.25) is 0 Å². The highest BCUT2D eigenvalue weighted by molar-refractivity contribution is 7.09. The summed E-state index contributed by atoms with van der Waals surface area (Å²) in [4.78, 5) is 9.38. The molecule has 0 N–H and O–H groups in total. The fourth-order valence-electron chi connectivity index (χ4n) is 3.92. The quantitative estimate of drug-likeness (QED) is 0.801. The maximum Gasteiger partial charge on any atom is 0.123 e. The Morgan fingerprint density at radius 2 is 1.85 bits per heavy atom. The van der Waals surface area contributed by atoms with Crippen LogP contribution < -0.4 is 0 Å².